The molecule has 0 aliphatic rings. The van der Waals surface area contributed by atoms with Crippen LogP contribution in [0.4, 0.5) is 0 Å². The van der Waals surface area contributed by atoms with Crippen molar-refractivity contribution in [3.8, 4) is 0 Å². The van der Waals surface area contributed by atoms with Crippen LogP contribution in [0.3, 0.4) is 0 Å². The summed E-state index contributed by atoms with van der Waals surface area (Å²) in [6.07, 6.45) is 0.493. The summed E-state index contributed by atoms with van der Waals surface area (Å²) in [4.78, 5) is 15.8. The average Bonchev–Trinajstić information content (AvgIpc) is 2.48. The van der Waals surface area contributed by atoms with E-state index in [9.17, 15) is 4.79 Å². The summed E-state index contributed by atoms with van der Waals surface area (Å²) in [5, 5.41) is 14.9. The van der Waals surface area contributed by atoms with Gasteiger partial charge in [0, 0.05) is 11.4 Å². The molecule has 0 spiro atoms. The first-order valence-corrected chi connectivity index (χ1v) is 6.23. The van der Waals surface area contributed by atoms with E-state index in [0.29, 0.717) is 12.8 Å². The van der Waals surface area contributed by atoms with Gasteiger partial charge in [-0.05, 0) is 27.2 Å². The van der Waals surface area contributed by atoms with Gasteiger partial charge in [-0.2, -0.15) is 0 Å². The predicted octanol–water partition coefficient (Wildman–Crippen LogP) is 1.27. The molecule has 0 aliphatic carbocycles. The van der Waals surface area contributed by atoms with Crippen LogP contribution in [0.15, 0.2) is 5.38 Å². The Kier molecular flexibility index (Phi) is 4.89. The smallest absolute Gasteiger partial charge is 0.226 e. The van der Waals surface area contributed by atoms with Crippen molar-refractivity contribution in [2.24, 2.45) is 0 Å². The minimum absolute atomic E-state index is 0.00719. The van der Waals surface area contributed by atoms with Crippen LogP contribution in [0, 0.1) is 6.92 Å². The molecule has 0 bridgehead atoms. The summed E-state index contributed by atoms with van der Waals surface area (Å²) >= 11 is 1.54. The fraction of sp³-hybridized carbons (Fsp3) is 0.636. The van der Waals surface area contributed by atoms with Gasteiger partial charge in [-0.25, -0.2) is 4.98 Å². The summed E-state index contributed by atoms with van der Waals surface area (Å²) in [7, 11) is 0. The summed E-state index contributed by atoms with van der Waals surface area (Å²) in [5.41, 5.74) is 0.809. The normalized spacial score (nSPS) is 14.5. The molecule has 1 amide bonds. The average molecular weight is 242 g/mol. The highest BCUT2D eigenvalue weighted by Gasteiger charge is 2.11. The molecule has 0 saturated heterocycles. The van der Waals surface area contributed by atoms with E-state index in [1.807, 2.05) is 19.2 Å². The molecule has 2 atom stereocenters. The molecule has 1 heterocycles. The lowest BCUT2D eigenvalue weighted by atomic mass is 10.1. The third-order valence-electron chi connectivity index (χ3n) is 2.11. The molecule has 5 heteroatoms. The Hall–Kier alpha value is -0.940. The molecule has 2 unspecified atom stereocenters. The first-order chi connectivity index (χ1) is 7.47. The van der Waals surface area contributed by atoms with E-state index in [1.165, 1.54) is 0 Å². The van der Waals surface area contributed by atoms with E-state index in [-0.39, 0.29) is 11.9 Å². The largest absolute Gasteiger partial charge is 0.393 e. The number of amides is 1. The van der Waals surface area contributed by atoms with Crippen molar-refractivity contribution in [2.75, 3.05) is 0 Å². The van der Waals surface area contributed by atoms with Gasteiger partial charge in [-0.3, -0.25) is 4.79 Å². The summed E-state index contributed by atoms with van der Waals surface area (Å²) < 4.78 is 0. The molecular formula is C11H18N2O2S. The predicted molar refractivity (Wildman–Crippen MR) is 64.5 cm³/mol. The van der Waals surface area contributed by atoms with E-state index in [4.69, 9.17) is 5.11 Å². The van der Waals surface area contributed by atoms with Crippen molar-refractivity contribution in [3.63, 3.8) is 0 Å². The zero-order chi connectivity index (χ0) is 12.1. The number of thiazole rings is 1. The Morgan fingerprint density at radius 2 is 2.31 bits per heavy atom. The molecule has 0 radical (unpaired) electrons. The Bertz CT molecular complexity index is 350. The van der Waals surface area contributed by atoms with Gasteiger partial charge in [0.25, 0.3) is 0 Å². The zero-order valence-electron chi connectivity index (χ0n) is 9.86. The quantitative estimate of drug-likeness (QED) is 0.817. The Labute approximate surface area is 99.7 Å². The number of aliphatic hydroxyl groups excluding tert-OH is 1. The van der Waals surface area contributed by atoms with Crippen LogP contribution in [0.1, 0.15) is 31.0 Å². The van der Waals surface area contributed by atoms with Crippen molar-refractivity contribution < 1.29 is 9.90 Å². The van der Waals surface area contributed by atoms with Crippen molar-refractivity contribution in [3.05, 3.63) is 16.1 Å². The number of carbonyl (C=O) groups excluding carboxylic acids is 1. The van der Waals surface area contributed by atoms with Crippen molar-refractivity contribution >= 4 is 17.2 Å². The van der Waals surface area contributed by atoms with E-state index in [1.54, 1.807) is 18.3 Å². The van der Waals surface area contributed by atoms with Crippen molar-refractivity contribution in [1.82, 2.24) is 10.3 Å². The van der Waals surface area contributed by atoms with Gasteiger partial charge in [0.1, 0.15) is 0 Å². The summed E-state index contributed by atoms with van der Waals surface area (Å²) in [6.45, 7) is 5.52. The molecule has 1 rings (SSSR count). The van der Waals surface area contributed by atoms with Gasteiger partial charge in [-0.1, -0.05) is 0 Å². The fourth-order valence-electron chi connectivity index (χ4n) is 1.55. The maximum absolute atomic E-state index is 11.6. The third kappa shape index (κ3) is 4.72. The standard InChI is InChI=1S/C11H18N2O2S/c1-7(4-8(2)14)12-11(15)5-10-6-16-9(3)13-10/h6-8,14H,4-5H2,1-3H3,(H,12,15). The number of nitrogens with zero attached hydrogens (tertiary/aromatic N) is 1. The second-order valence-electron chi connectivity index (χ2n) is 4.09. The van der Waals surface area contributed by atoms with Crippen LogP contribution in [0.2, 0.25) is 0 Å². The molecule has 1 aromatic rings. The number of nitrogens with one attached hydrogen (secondary N) is 1. The molecule has 16 heavy (non-hydrogen) atoms. The molecular weight excluding hydrogens is 224 g/mol. The third-order valence-corrected chi connectivity index (χ3v) is 2.93. The van der Waals surface area contributed by atoms with Crippen LogP contribution >= 0.6 is 11.3 Å². The van der Waals surface area contributed by atoms with E-state index >= 15 is 0 Å². The Morgan fingerprint density at radius 1 is 1.62 bits per heavy atom. The highest BCUT2D eigenvalue weighted by Crippen LogP contribution is 2.08. The van der Waals surface area contributed by atoms with Crippen LogP contribution in [0.25, 0.3) is 0 Å². The molecule has 1 aromatic heterocycles. The Morgan fingerprint density at radius 3 is 2.81 bits per heavy atom. The van der Waals surface area contributed by atoms with E-state index < -0.39 is 6.10 Å². The first-order valence-electron chi connectivity index (χ1n) is 5.36. The first kappa shape index (κ1) is 13.1. The Balaban J connectivity index is 2.36. The molecule has 4 nitrogen and oxygen atoms in total. The highest BCUT2D eigenvalue weighted by molar-refractivity contribution is 7.09. The summed E-state index contributed by atoms with van der Waals surface area (Å²) in [5.74, 6) is -0.0431. The maximum Gasteiger partial charge on any atom is 0.226 e. The molecule has 0 aliphatic heterocycles. The fourth-order valence-corrected chi connectivity index (χ4v) is 2.16. The maximum atomic E-state index is 11.6. The van der Waals surface area contributed by atoms with Crippen LogP contribution < -0.4 is 5.32 Å². The molecule has 2 N–H and O–H groups in total. The lowest BCUT2D eigenvalue weighted by molar-refractivity contribution is -0.121. The van der Waals surface area contributed by atoms with Gasteiger partial charge < -0.3 is 10.4 Å². The number of hydrogen-bond acceptors (Lipinski definition) is 4. The topological polar surface area (TPSA) is 62.2 Å². The van der Waals surface area contributed by atoms with Crippen molar-refractivity contribution in [1.29, 1.82) is 0 Å². The van der Waals surface area contributed by atoms with Gasteiger partial charge in [-0.15, -0.1) is 11.3 Å². The second-order valence-corrected chi connectivity index (χ2v) is 5.15. The lowest BCUT2D eigenvalue weighted by Crippen LogP contribution is -2.35. The monoisotopic (exact) mass is 242 g/mol. The number of hydrogen-bond donors (Lipinski definition) is 2. The number of aromatic nitrogens is 1. The molecule has 0 fully saturated rings. The zero-order valence-corrected chi connectivity index (χ0v) is 10.7. The minimum atomic E-state index is -0.392. The van der Waals surface area contributed by atoms with Crippen molar-refractivity contribution in [2.45, 2.75) is 45.8 Å². The van der Waals surface area contributed by atoms with Gasteiger partial charge in [0.05, 0.1) is 23.2 Å². The minimum Gasteiger partial charge on any atom is -0.393 e. The van der Waals surface area contributed by atoms with E-state index in [0.717, 1.165) is 10.7 Å². The van der Waals surface area contributed by atoms with Crippen LogP contribution in [0.5, 0.6) is 0 Å². The van der Waals surface area contributed by atoms with Gasteiger partial charge in [0.15, 0.2) is 0 Å². The number of carbonyl (C=O) groups is 1. The number of rotatable bonds is 5. The SMILES string of the molecule is Cc1nc(CC(=O)NC(C)CC(C)O)cs1. The van der Waals surface area contributed by atoms with Gasteiger partial charge in [0.2, 0.25) is 5.91 Å². The van der Waals surface area contributed by atoms with Gasteiger partial charge >= 0.3 is 0 Å². The van der Waals surface area contributed by atoms with E-state index in [2.05, 4.69) is 10.3 Å². The van der Waals surface area contributed by atoms with Crippen LogP contribution in [-0.2, 0) is 11.2 Å². The lowest BCUT2D eigenvalue weighted by Gasteiger charge is -2.14. The molecule has 0 aromatic carbocycles. The molecule has 0 saturated carbocycles. The number of aliphatic hydroxyl groups is 1. The van der Waals surface area contributed by atoms with Crippen LogP contribution in [-0.4, -0.2) is 28.1 Å². The second kappa shape index (κ2) is 5.96. The summed E-state index contributed by atoms with van der Waals surface area (Å²) in [6, 6.07) is -0.00719. The molecule has 90 valence electrons. The number of aryl methyl sites for hydroxylation is 1. The highest BCUT2D eigenvalue weighted by atomic mass is 32.1.